The van der Waals surface area contributed by atoms with E-state index in [0.717, 1.165) is 17.7 Å². The van der Waals surface area contributed by atoms with E-state index >= 15 is 0 Å². The summed E-state index contributed by atoms with van der Waals surface area (Å²) < 4.78 is 26.2. The van der Waals surface area contributed by atoms with Gasteiger partial charge in [-0.15, -0.1) is 0 Å². The van der Waals surface area contributed by atoms with Crippen molar-refractivity contribution in [2.75, 3.05) is 10.6 Å². The summed E-state index contributed by atoms with van der Waals surface area (Å²) in [6, 6.07) is 15.3. The molecule has 0 bridgehead atoms. The maximum absolute atomic E-state index is 13.3. The summed E-state index contributed by atoms with van der Waals surface area (Å²) in [6.45, 7) is 2.03. The van der Waals surface area contributed by atoms with Crippen molar-refractivity contribution in [3.05, 3.63) is 78.0 Å². The molecule has 0 aliphatic rings. The van der Waals surface area contributed by atoms with Crippen LogP contribution in [0.1, 0.15) is 18.5 Å². The molecule has 3 rings (SSSR count). The van der Waals surface area contributed by atoms with Crippen LogP contribution in [-0.4, -0.2) is 9.97 Å². The number of halogens is 2. The fourth-order valence-electron chi connectivity index (χ4n) is 2.25. The van der Waals surface area contributed by atoms with E-state index in [-0.39, 0.29) is 6.04 Å². The monoisotopic (exact) mass is 326 g/mol. The lowest BCUT2D eigenvalue weighted by Crippen LogP contribution is -2.09. The van der Waals surface area contributed by atoms with Crippen molar-refractivity contribution in [3.8, 4) is 0 Å². The molecule has 0 aliphatic heterocycles. The number of hydrogen-bond acceptors (Lipinski definition) is 4. The first kappa shape index (κ1) is 15.9. The molecule has 0 radical (unpaired) electrons. The SMILES string of the molecule is CC(Nc1ccnc(Nc2ccc(F)c(F)c2)n1)c1ccccc1. The molecule has 3 aromatic rings. The maximum Gasteiger partial charge on any atom is 0.229 e. The summed E-state index contributed by atoms with van der Waals surface area (Å²) in [5, 5.41) is 6.14. The Kier molecular flexibility index (Phi) is 4.65. The molecule has 1 atom stereocenters. The van der Waals surface area contributed by atoms with Gasteiger partial charge in [-0.05, 0) is 30.7 Å². The number of rotatable bonds is 5. The largest absolute Gasteiger partial charge is 0.363 e. The first-order chi connectivity index (χ1) is 11.6. The third-order valence-electron chi connectivity index (χ3n) is 3.50. The van der Waals surface area contributed by atoms with Crippen LogP contribution in [0.2, 0.25) is 0 Å². The van der Waals surface area contributed by atoms with Gasteiger partial charge in [-0.2, -0.15) is 4.98 Å². The highest BCUT2D eigenvalue weighted by atomic mass is 19.2. The molecular formula is C18H16F2N4. The third kappa shape index (κ3) is 3.84. The Hall–Kier alpha value is -3.02. The first-order valence-electron chi connectivity index (χ1n) is 7.48. The van der Waals surface area contributed by atoms with E-state index in [4.69, 9.17) is 0 Å². The van der Waals surface area contributed by atoms with Gasteiger partial charge >= 0.3 is 0 Å². The van der Waals surface area contributed by atoms with Crippen LogP contribution >= 0.6 is 0 Å². The second kappa shape index (κ2) is 7.04. The topological polar surface area (TPSA) is 49.8 Å². The van der Waals surface area contributed by atoms with E-state index in [1.54, 1.807) is 12.3 Å². The smallest absolute Gasteiger partial charge is 0.229 e. The number of hydrogen-bond donors (Lipinski definition) is 2. The molecule has 0 fully saturated rings. The Morgan fingerprint density at radius 2 is 1.75 bits per heavy atom. The Labute approximate surface area is 138 Å². The summed E-state index contributed by atoms with van der Waals surface area (Å²) in [7, 11) is 0. The van der Waals surface area contributed by atoms with Crippen LogP contribution in [0.15, 0.2) is 60.8 Å². The third-order valence-corrected chi connectivity index (χ3v) is 3.50. The molecule has 2 aromatic carbocycles. The maximum atomic E-state index is 13.3. The molecule has 122 valence electrons. The minimum absolute atomic E-state index is 0.0669. The minimum Gasteiger partial charge on any atom is -0.363 e. The highest BCUT2D eigenvalue weighted by Crippen LogP contribution is 2.20. The lowest BCUT2D eigenvalue weighted by atomic mass is 10.1. The van der Waals surface area contributed by atoms with Crippen molar-refractivity contribution < 1.29 is 8.78 Å². The van der Waals surface area contributed by atoms with Crippen LogP contribution < -0.4 is 10.6 Å². The zero-order valence-electron chi connectivity index (χ0n) is 13.0. The molecular weight excluding hydrogens is 310 g/mol. The van der Waals surface area contributed by atoms with Gasteiger partial charge in [0.2, 0.25) is 5.95 Å². The van der Waals surface area contributed by atoms with E-state index < -0.39 is 11.6 Å². The fraction of sp³-hybridized carbons (Fsp3) is 0.111. The van der Waals surface area contributed by atoms with Crippen molar-refractivity contribution in [3.63, 3.8) is 0 Å². The van der Waals surface area contributed by atoms with Crippen LogP contribution in [0, 0.1) is 11.6 Å². The molecule has 0 spiro atoms. The van der Waals surface area contributed by atoms with Crippen molar-refractivity contribution in [2.45, 2.75) is 13.0 Å². The normalized spacial score (nSPS) is 11.8. The van der Waals surface area contributed by atoms with Gasteiger partial charge in [-0.25, -0.2) is 13.8 Å². The Balaban J connectivity index is 1.73. The molecule has 0 saturated heterocycles. The second-order valence-corrected chi connectivity index (χ2v) is 5.30. The van der Waals surface area contributed by atoms with E-state index in [0.29, 0.717) is 17.5 Å². The predicted octanol–water partition coefficient (Wildman–Crippen LogP) is 4.67. The number of anilines is 3. The van der Waals surface area contributed by atoms with Gasteiger partial charge in [0.1, 0.15) is 5.82 Å². The van der Waals surface area contributed by atoms with Gasteiger partial charge in [-0.1, -0.05) is 30.3 Å². The Morgan fingerprint density at radius 1 is 0.958 bits per heavy atom. The van der Waals surface area contributed by atoms with Crippen molar-refractivity contribution in [2.24, 2.45) is 0 Å². The van der Waals surface area contributed by atoms with Gasteiger partial charge in [0.25, 0.3) is 0 Å². The summed E-state index contributed by atoms with van der Waals surface area (Å²) in [4.78, 5) is 8.42. The van der Waals surface area contributed by atoms with Crippen LogP contribution in [0.4, 0.5) is 26.2 Å². The lowest BCUT2D eigenvalue weighted by molar-refractivity contribution is 0.509. The van der Waals surface area contributed by atoms with E-state index in [1.165, 1.54) is 6.07 Å². The summed E-state index contributed by atoms with van der Waals surface area (Å²) >= 11 is 0. The molecule has 0 aliphatic carbocycles. The van der Waals surface area contributed by atoms with Gasteiger partial charge in [0.15, 0.2) is 11.6 Å². The molecule has 1 unspecified atom stereocenters. The second-order valence-electron chi connectivity index (χ2n) is 5.30. The molecule has 0 amide bonds. The average Bonchev–Trinajstić information content (AvgIpc) is 2.59. The van der Waals surface area contributed by atoms with Crippen molar-refractivity contribution >= 4 is 17.5 Å². The van der Waals surface area contributed by atoms with Gasteiger partial charge in [0.05, 0.1) is 0 Å². The predicted molar refractivity (Wildman–Crippen MR) is 90.2 cm³/mol. The molecule has 1 heterocycles. The van der Waals surface area contributed by atoms with Crippen LogP contribution in [0.3, 0.4) is 0 Å². The minimum atomic E-state index is -0.924. The summed E-state index contributed by atoms with van der Waals surface area (Å²) in [5.74, 6) is -0.891. The zero-order chi connectivity index (χ0) is 16.9. The van der Waals surface area contributed by atoms with Gasteiger partial charge < -0.3 is 10.6 Å². The van der Waals surface area contributed by atoms with Crippen molar-refractivity contribution in [1.29, 1.82) is 0 Å². The van der Waals surface area contributed by atoms with E-state index in [2.05, 4.69) is 20.6 Å². The number of aromatic nitrogens is 2. The van der Waals surface area contributed by atoms with E-state index in [1.807, 2.05) is 37.3 Å². The first-order valence-corrected chi connectivity index (χ1v) is 7.48. The lowest BCUT2D eigenvalue weighted by Gasteiger charge is -2.15. The average molecular weight is 326 g/mol. The van der Waals surface area contributed by atoms with Crippen LogP contribution in [0.5, 0.6) is 0 Å². The fourth-order valence-corrected chi connectivity index (χ4v) is 2.25. The van der Waals surface area contributed by atoms with E-state index in [9.17, 15) is 8.78 Å². The molecule has 4 nitrogen and oxygen atoms in total. The standard InChI is InChI=1S/C18H16F2N4/c1-12(13-5-3-2-4-6-13)22-17-9-10-21-18(24-17)23-14-7-8-15(19)16(20)11-14/h2-12H,1H3,(H2,21,22,23,24). The number of benzene rings is 2. The zero-order valence-corrected chi connectivity index (χ0v) is 13.0. The molecule has 2 N–H and O–H groups in total. The number of nitrogens with one attached hydrogen (secondary N) is 2. The van der Waals surface area contributed by atoms with Crippen LogP contribution in [0.25, 0.3) is 0 Å². The quantitative estimate of drug-likeness (QED) is 0.715. The number of nitrogens with zero attached hydrogens (tertiary/aromatic N) is 2. The summed E-state index contributed by atoms with van der Waals surface area (Å²) in [6.07, 6.45) is 1.59. The Morgan fingerprint density at radius 3 is 2.50 bits per heavy atom. The van der Waals surface area contributed by atoms with Crippen molar-refractivity contribution in [1.82, 2.24) is 9.97 Å². The van der Waals surface area contributed by atoms with Gasteiger partial charge in [0, 0.05) is 24.0 Å². The molecule has 0 saturated carbocycles. The molecule has 6 heteroatoms. The highest BCUT2D eigenvalue weighted by molar-refractivity contribution is 5.54. The van der Waals surface area contributed by atoms with Crippen LogP contribution in [-0.2, 0) is 0 Å². The molecule has 24 heavy (non-hydrogen) atoms. The van der Waals surface area contributed by atoms with Gasteiger partial charge in [-0.3, -0.25) is 0 Å². The molecule has 1 aromatic heterocycles. The summed E-state index contributed by atoms with van der Waals surface area (Å²) in [5.41, 5.74) is 1.51. The highest BCUT2D eigenvalue weighted by Gasteiger charge is 2.08. The Bertz CT molecular complexity index is 824.